The van der Waals surface area contributed by atoms with Gasteiger partial charge in [0.1, 0.15) is 5.82 Å². The summed E-state index contributed by atoms with van der Waals surface area (Å²) in [5, 5.41) is 4.44. The van der Waals surface area contributed by atoms with Crippen LogP contribution in [0.5, 0.6) is 0 Å². The van der Waals surface area contributed by atoms with Crippen LogP contribution >= 0.6 is 0 Å². The highest BCUT2D eigenvalue weighted by molar-refractivity contribution is 7.84. The number of hydrogen-bond donors (Lipinski definition) is 1. The lowest BCUT2D eigenvalue weighted by atomic mass is 10.3. The van der Waals surface area contributed by atoms with E-state index in [0.717, 1.165) is 11.4 Å². The number of nitrogens with zero attached hydrogens (tertiary/aromatic N) is 2. The minimum Gasteiger partial charge on any atom is -0.242 e. The van der Waals surface area contributed by atoms with Crippen molar-refractivity contribution < 1.29 is 8.60 Å². The third-order valence-corrected chi connectivity index (χ3v) is 4.66. The van der Waals surface area contributed by atoms with E-state index in [1.54, 1.807) is 23.0 Å². The molecular formula is C15H20FN3OS. The van der Waals surface area contributed by atoms with Gasteiger partial charge in [0.2, 0.25) is 0 Å². The number of halogens is 1. The van der Waals surface area contributed by atoms with Crippen molar-refractivity contribution >= 4 is 11.0 Å². The SMILES string of the molecule is C[C@H](NS(=O)C(C)(C)C)c1ccn(-c2ccc(F)cc2)n1. The van der Waals surface area contributed by atoms with Crippen molar-refractivity contribution in [1.82, 2.24) is 14.5 Å². The predicted octanol–water partition coefficient (Wildman–Crippen LogP) is 3.12. The van der Waals surface area contributed by atoms with E-state index in [4.69, 9.17) is 0 Å². The quantitative estimate of drug-likeness (QED) is 0.943. The Morgan fingerprint density at radius 2 is 1.86 bits per heavy atom. The summed E-state index contributed by atoms with van der Waals surface area (Å²) in [6.45, 7) is 7.67. The van der Waals surface area contributed by atoms with E-state index in [2.05, 4.69) is 9.82 Å². The van der Waals surface area contributed by atoms with E-state index in [9.17, 15) is 8.60 Å². The summed E-state index contributed by atoms with van der Waals surface area (Å²) in [6.07, 6.45) is 1.81. The molecule has 6 heteroatoms. The van der Waals surface area contributed by atoms with Crippen LogP contribution in [0.4, 0.5) is 4.39 Å². The van der Waals surface area contributed by atoms with Crippen LogP contribution in [0.15, 0.2) is 36.5 Å². The monoisotopic (exact) mass is 309 g/mol. The van der Waals surface area contributed by atoms with Crippen molar-refractivity contribution in [2.45, 2.75) is 38.5 Å². The normalized spacial score (nSPS) is 14.9. The van der Waals surface area contributed by atoms with Crippen LogP contribution in [0.1, 0.15) is 39.4 Å². The number of benzene rings is 1. The van der Waals surface area contributed by atoms with Gasteiger partial charge in [0.25, 0.3) is 0 Å². The molecule has 0 amide bonds. The van der Waals surface area contributed by atoms with Crippen LogP contribution in [0.2, 0.25) is 0 Å². The molecule has 1 aromatic heterocycles. The molecule has 1 aromatic carbocycles. The molecule has 0 aliphatic rings. The van der Waals surface area contributed by atoms with Gasteiger partial charge in [-0.2, -0.15) is 5.10 Å². The van der Waals surface area contributed by atoms with Crippen LogP contribution in [0.25, 0.3) is 5.69 Å². The first-order chi connectivity index (χ1) is 9.77. The summed E-state index contributed by atoms with van der Waals surface area (Å²) in [7, 11) is -1.16. The van der Waals surface area contributed by atoms with Crippen molar-refractivity contribution in [1.29, 1.82) is 0 Å². The fourth-order valence-electron chi connectivity index (χ4n) is 1.70. The van der Waals surface area contributed by atoms with Gasteiger partial charge in [0.15, 0.2) is 0 Å². The van der Waals surface area contributed by atoms with Gasteiger partial charge in [-0.3, -0.25) is 0 Å². The highest BCUT2D eigenvalue weighted by atomic mass is 32.2. The maximum absolute atomic E-state index is 12.9. The van der Waals surface area contributed by atoms with E-state index in [0.29, 0.717) is 0 Å². The third kappa shape index (κ3) is 3.98. The summed E-state index contributed by atoms with van der Waals surface area (Å²) >= 11 is 0. The van der Waals surface area contributed by atoms with Gasteiger partial charge in [-0.1, -0.05) is 0 Å². The molecule has 114 valence electrons. The second-order valence-electron chi connectivity index (χ2n) is 5.88. The lowest BCUT2D eigenvalue weighted by Gasteiger charge is -2.21. The average molecular weight is 309 g/mol. The Balaban J connectivity index is 2.12. The zero-order valence-electron chi connectivity index (χ0n) is 12.6. The Bertz CT molecular complexity index is 631. The summed E-state index contributed by atoms with van der Waals surface area (Å²) in [4.78, 5) is 0. The van der Waals surface area contributed by atoms with Crippen molar-refractivity contribution in [3.05, 3.63) is 48.0 Å². The molecule has 0 aliphatic carbocycles. The lowest BCUT2D eigenvalue weighted by Crippen LogP contribution is -2.35. The summed E-state index contributed by atoms with van der Waals surface area (Å²) in [5.74, 6) is -0.276. The Hall–Kier alpha value is -1.53. The molecule has 2 aromatic rings. The topological polar surface area (TPSA) is 46.9 Å². The van der Waals surface area contributed by atoms with Gasteiger partial charge in [0.05, 0.1) is 33.2 Å². The molecule has 0 aliphatic heterocycles. The van der Waals surface area contributed by atoms with E-state index in [1.165, 1.54) is 12.1 Å². The van der Waals surface area contributed by atoms with E-state index < -0.39 is 11.0 Å². The van der Waals surface area contributed by atoms with Crippen molar-refractivity contribution in [3.8, 4) is 5.69 Å². The highest BCUT2D eigenvalue weighted by Gasteiger charge is 2.22. The van der Waals surface area contributed by atoms with Crippen molar-refractivity contribution in [2.75, 3.05) is 0 Å². The van der Waals surface area contributed by atoms with E-state index in [-0.39, 0.29) is 16.6 Å². The molecule has 2 atom stereocenters. The summed E-state index contributed by atoms with van der Waals surface area (Å²) < 4.78 is 29.4. The van der Waals surface area contributed by atoms with Gasteiger partial charge in [-0.05, 0) is 58.0 Å². The van der Waals surface area contributed by atoms with Gasteiger partial charge in [0, 0.05) is 6.20 Å². The predicted molar refractivity (Wildman–Crippen MR) is 83.0 cm³/mol. The standard InChI is InChI=1S/C15H20FN3OS/c1-11(18-21(20)15(2,3)4)14-9-10-19(17-14)13-7-5-12(16)6-8-13/h5-11,18H,1-4H3/t11-,21?/m0/s1. The second-order valence-corrected chi connectivity index (χ2v) is 7.88. The maximum Gasteiger partial charge on any atom is 0.123 e. The van der Waals surface area contributed by atoms with Gasteiger partial charge in [-0.25, -0.2) is 18.0 Å². The molecule has 0 radical (unpaired) electrons. The van der Waals surface area contributed by atoms with E-state index >= 15 is 0 Å². The number of aromatic nitrogens is 2. The van der Waals surface area contributed by atoms with Crippen LogP contribution in [0, 0.1) is 5.82 Å². The molecule has 21 heavy (non-hydrogen) atoms. The fraction of sp³-hybridized carbons (Fsp3) is 0.400. The minimum atomic E-state index is -1.16. The maximum atomic E-state index is 12.9. The van der Waals surface area contributed by atoms with E-state index in [1.807, 2.05) is 33.8 Å². The number of rotatable bonds is 4. The van der Waals surface area contributed by atoms with Crippen LogP contribution in [0.3, 0.4) is 0 Å². The van der Waals surface area contributed by atoms with Gasteiger partial charge >= 0.3 is 0 Å². The average Bonchev–Trinajstić information content (AvgIpc) is 2.88. The zero-order chi connectivity index (χ0) is 15.6. The Morgan fingerprint density at radius 1 is 1.24 bits per heavy atom. The Kier molecular flexibility index (Phi) is 4.58. The highest BCUT2D eigenvalue weighted by Crippen LogP contribution is 2.17. The van der Waals surface area contributed by atoms with Crippen molar-refractivity contribution in [2.24, 2.45) is 0 Å². The molecule has 0 saturated heterocycles. The molecular weight excluding hydrogens is 289 g/mol. The molecule has 1 heterocycles. The number of hydrogen-bond acceptors (Lipinski definition) is 2. The summed E-state index contributed by atoms with van der Waals surface area (Å²) in [5.41, 5.74) is 1.57. The second kappa shape index (κ2) is 6.07. The molecule has 0 bridgehead atoms. The summed E-state index contributed by atoms with van der Waals surface area (Å²) in [6, 6.07) is 7.85. The van der Waals surface area contributed by atoms with Crippen LogP contribution in [-0.4, -0.2) is 18.7 Å². The minimum absolute atomic E-state index is 0.133. The molecule has 0 saturated carbocycles. The fourth-order valence-corrected chi connectivity index (χ4v) is 2.50. The molecule has 1 N–H and O–H groups in total. The Morgan fingerprint density at radius 3 is 2.43 bits per heavy atom. The molecule has 0 fully saturated rings. The van der Waals surface area contributed by atoms with Crippen LogP contribution in [-0.2, 0) is 11.0 Å². The first-order valence-corrected chi connectivity index (χ1v) is 7.92. The smallest absolute Gasteiger partial charge is 0.123 e. The Labute approximate surface area is 127 Å². The lowest BCUT2D eigenvalue weighted by molar-refractivity contribution is 0.608. The van der Waals surface area contributed by atoms with Gasteiger partial charge in [-0.15, -0.1) is 0 Å². The first-order valence-electron chi connectivity index (χ1n) is 6.77. The number of nitrogens with one attached hydrogen (secondary N) is 1. The molecule has 0 spiro atoms. The molecule has 4 nitrogen and oxygen atoms in total. The zero-order valence-corrected chi connectivity index (χ0v) is 13.4. The molecule has 2 rings (SSSR count). The van der Waals surface area contributed by atoms with Gasteiger partial charge < -0.3 is 0 Å². The largest absolute Gasteiger partial charge is 0.242 e. The van der Waals surface area contributed by atoms with Crippen LogP contribution < -0.4 is 4.72 Å². The third-order valence-electron chi connectivity index (χ3n) is 2.98. The van der Waals surface area contributed by atoms with Crippen molar-refractivity contribution in [3.63, 3.8) is 0 Å². The molecule has 1 unspecified atom stereocenters. The first kappa shape index (κ1) is 15.9.